The predicted molar refractivity (Wildman–Crippen MR) is 94.5 cm³/mol. The van der Waals surface area contributed by atoms with Gasteiger partial charge in [0.25, 0.3) is 0 Å². The Morgan fingerprint density at radius 2 is 1.91 bits per heavy atom. The molecule has 0 radical (unpaired) electrons. The van der Waals surface area contributed by atoms with Crippen molar-refractivity contribution in [3.8, 4) is 0 Å². The van der Waals surface area contributed by atoms with Gasteiger partial charge in [0.1, 0.15) is 5.69 Å². The summed E-state index contributed by atoms with van der Waals surface area (Å²) in [5, 5.41) is 9.05. The summed E-state index contributed by atoms with van der Waals surface area (Å²) < 4.78 is 5.97. The summed E-state index contributed by atoms with van der Waals surface area (Å²) in [6.07, 6.45) is 0. The Hall–Kier alpha value is -1.43. The van der Waals surface area contributed by atoms with Crippen LogP contribution in [0.25, 0.3) is 0 Å². The van der Waals surface area contributed by atoms with E-state index in [1.165, 1.54) is 0 Å². The molecule has 23 heavy (non-hydrogen) atoms. The summed E-state index contributed by atoms with van der Waals surface area (Å²) in [6.45, 7) is 2.01. The summed E-state index contributed by atoms with van der Waals surface area (Å²) in [7, 11) is 0. The minimum Gasteiger partial charge on any atom is -0.464 e. The maximum absolute atomic E-state index is 12.1. The number of esters is 1. The summed E-state index contributed by atoms with van der Waals surface area (Å²) in [4.78, 5) is 12.1. The van der Waals surface area contributed by atoms with Crippen molar-refractivity contribution in [2.45, 2.75) is 13.0 Å². The minimum atomic E-state index is -0.852. The van der Waals surface area contributed by atoms with Crippen molar-refractivity contribution in [3.63, 3.8) is 0 Å². The van der Waals surface area contributed by atoms with Crippen molar-refractivity contribution in [2.24, 2.45) is 10.2 Å². The van der Waals surface area contributed by atoms with Gasteiger partial charge in [0.05, 0.1) is 11.6 Å². The molecular formula is C16H13BrCl2N2O2. The topological polar surface area (TPSA) is 51.0 Å². The lowest BCUT2D eigenvalue weighted by molar-refractivity contribution is -0.144. The number of carbonyl (C=O) groups is 1. The van der Waals surface area contributed by atoms with E-state index < -0.39 is 12.0 Å². The molecule has 1 unspecified atom stereocenters. The van der Waals surface area contributed by atoms with Crippen LogP contribution in [-0.2, 0) is 9.53 Å². The molecule has 0 bridgehead atoms. The van der Waals surface area contributed by atoms with Gasteiger partial charge in [-0.15, -0.1) is 0 Å². The van der Waals surface area contributed by atoms with Gasteiger partial charge < -0.3 is 4.74 Å². The fourth-order valence-electron chi connectivity index (χ4n) is 1.80. The first-order chi connectivity index (χ1) is 11.0. The molecule has 0 spiro atoms. The number of hydrogen-bond acceptors (Lipinski definition) is 4. The molecule has 0 amide bonds. The van der Waals surface area contributed by atoms with Gasteiger partial charge in [0.15, 0.2) is 6.04 Å². The summed E-state index contributed by atoms with van der Waals surface area (Å²) in [5.74, 6) is -0.469. The molecule has 0 aliphatic rings. The first kappa shape index (κ1) is 17.9. The molecule has 120 valence electrons. The minimum absolute atomic E-state index is 0.267. The van der Waals surface area contributed by atoms with E-state index in [4.69, 9.17) is 27.9 Å². The van der Waals surface area contributed by atoms with Crippen molar-refractivity contribution < 1.29 is 9.53 Å². The van der Waals surface area contributed by atoms with Crippen LogP contribution in [0.15, 0.2) is 57.2 Å². The Morgan fingerprint density at radius 1 is 1.22 bits per heavy atom. The number of rotatable bonds is 5. The van der Waals surface area contributed by atoms with E-state index in [1.807, 2.05) is 12.1 Å². The zero-order chi connectivity index (χ0) is 16.8. The molecule has 2 aromatic carbocycles. The summed E-state index contributed by atoms with van der Waals surface area (Å²) >= 11 is 15.3. The molecular weight excluding hydrogens is 403 g/mol. The highest BCUT2D eigenvalue weighted by molar-refractivity contribution is 9.10. The third-order valence-electron chi connectivity index (χ3n) is 2.89. The highest BCUT2D eigenvalue weighted by atomic mass is 79.9. The number of nitrogens with zero attached hydrogens (tertiary/aromatic N) is 2. The van der Waals surface area contributed by atoms with Crippen LogP contribution < -0.4 is 0 Å². The van der Waals surface area contributed by atoms with Crippen molar-refractivity contribution >= 4 is 50.8 Å². The maximum Gasteiger partial charge on any atom is 0.337 e. The molecule has 0 saturated carbocycles. The third-order valence-corrected chi connectivity index (χ3v) is 3.95. The smallest absolute Gasteiger partial charge is 0.337 e. The second-order valence-electron chi connectivity index (χ2n) is 4.52. The van der Waals surface area contributed by atoms with E-state index >= 15 is 0 Å². The number of hydrogen-bond donors (Lipinski definition) is 0. The van der Waals surface area contributed by atoms with Gasteiger partial charge in [0, 0.05) is 9.50 Å². The molecule has 4 nitrogen and oxygen atoms in total. The normalized spacial score (nSPS) is 12.3. The first-order valence-electron chi connectivity index (χ1n) is 6.79. The van der Waals surface area contributed by atoms with Crippen LogP contribution in [0, 0.1) is 0 Å². The molecule has 0 heterocycles. The zero-order valence-corrected chi connectivity index (χ0v) is 15.3. The third kappa shape index (κ3) is 5.03. The molecule has 2 rings (SSSR count). The maximum atomic E-state index is 12.1. The number of azo groups is 1. The van der Waals surface area contributed by atoms with Crippen LogP contribution >= 0.6 is 39.1 Å². The van der Waals surface area contributed by atoms with Crippen molar-refractivity contribution in [3.05, 3.63) is 62.5 Å². The van der Waals surface area contributed by atoms with E-state index in [-0.39, 0.29) is 6.61 Å². The van der Waals surface area contributed by atoms with Crippen molar-refractivity contribution in [1.29, 1.82) is 0 Å². The average molecular weight is 416 g/mol. The standard InChI is InChI=1S/C16H13BrCl2N2O2/c1-2-23-16(22)15(10-3-5-11(17)6-4-10)21-20-14-8-7-12(18)9-13(14)19/h3-9,15H,2H2,1H3. The Bertz CT molecular complexity index is 721. The lowest BCUT2D eigenvalue weighted by Gasteiger charge is -2.11. The van der Waals surface area contributed by atoms with Crippen molar-refractivity contribution in [2.75, 3.05) is 6.61 Å². The number of carbonyl (C=O) groups excluding carboxylic acids is 1. The summed E-state index contributed by atoms with van der Waals surface area (Å²) in [6, 6.07) is 11.2. The highest BCUT2D eigenvalue weighted by Crippen LogP contribution is 2.30. The van der Waals surface area contributed by atoms with Crippen LogP contribution in [0.3, 0.4) is 0 Å². The van der Waals surface area contributed by atoms with E-state index in [0.29, 0.717) is 21.3 Å². The molecule has 0 aliphatic carbocycles. The van der Waals surface area contributed by atoms with Gasteiger partial charge in [-0.25, -0.2) is 4.79 Å². The van der Waals surface area contributed by atoms with Crippen molar-refractivity contribution in [1.82, 2.24) is 0 Å². The van der Waals surface area contributed by atoms with Crippen LogP contribution in [0.5, 0.6) is 0 Å². The second-order valence-corrected chi connectivity index (χ2v) is 6.28. The van der Waals surface area contributed by atoms with Gasteiger partial charge >= 0.3 is 5.97 Å². The van der Waals surface area contributed by atoms with E-state index in [9.17, 15) is 4.79 Å². The molecule has 0 fully saturated rings. The number of benzene rings is 2. The highest BCUT2D eigenvalue weighted by Gasteiger charge is 2.21. The number of ether oxygens (including phenoxy) is 1. The molecule has 0 saturated heterocycles. The summed E-state index contributed by atoms with van der Waals surface area (Å²) in [5.41, 5.74) is 1.11. The first-order valence-corrected chi connectivity index (χ1v) is 8.34. The molecule has 0 N–H and O–H groups in total. The van der Waals surface area contributed by atoms with Gasteiger partial charge in [-0.2, -0.15) is 10.2 Å². The van der Waals surface area contributed by atoms with Gasteiger partial charge in [0.2, 0.25) is 0 Å². The quantitative estimate of drug-likeness (QED) is 0.434. The average Bonchev–Trinajstić information content (AvgIpc) is 2.51. The lowest BCUT2D eigenvalue weighted by atomic mass is 10.1. The largest absolute Gasteiger partial charge is 0.464 e. The Morgan fingerprint density at radius 3 is 2.52 bits per heavy atom. The Labute approximate surface area is 152 Å². The SMILES string of the molecule is CCOC(=O)C(N=Nc1ccc(Cl)cc1Cl)c1ccc(Br)cc1. The van der Waals surface area contributed by atoms with Gasteiger partial charge in [-0.1, -0.05) is 51.3 Å². The van der Waals surface area contributed by atoms with E-state index in [2.05, 4.69) is 26.2 Å². The Kier molecular flexibility index (Phi) is 6.57. The van der Waals surface area contributed by atoms with E-state index in [1.54, 1.807) is 37.3 Å². The molecule has 0 aromatic heterocycles. The molecule has 2 aromatic rings. The van der Waals surface area contributed by atoms with Crippen LogP contribution in [0.2, 0.25) is 10.0 Å². The van der Waals surface area contributed by atoms with E-state index in [0.717, 1.165) is 4.47 Å². The van der Waals surface area contributed by atoms with Gasteiger partial charge in [-0.3, -0.25) is 0 Å². The van der Waals surface area contributed by atoms with Gasteiger partial charge in [-0.05, 0) is 42.8 Å². The zero-order valence-electron chi connectivity index (χ0n) is 12.2. The molecule has 0 aliphatic heterocycles. The fourth-order valence-corrected chi connectivity index (χ4v) is 2.51. The van der Waals surface area contributed by atoms with Crippen LogP contribution in [-0.4, -0.2) is 12.6 Å². The molecule has 1 atom stereocenters. The Balaban J connectivity index is 2.32. The number of halogens is 3. The lowest BCUT2D eigenvalue weighted by Crippen LogP contribution is -2.13. The fraction of sp³-hybridized carbons (Fsp3) is 0.188. The predicted octanol–water partition coefficient (Wildman–Crippen LogP) is 6.14. The van der Waals surface area contributed by atoms with Crippen LogP contribution in [0.1, 0.15) is 18.5 Å². The molecule has 7 heteroatoms. The van der Waals surface area contributed by atoms with Crippen LogP contribution in [0.4, 0.5) is 5.69 Å². The monoisotopic (exact) mass is 414 g/mol. The second kappa shape index (κ2) is 8.43.